The SMILES string of the molecule is COc1ccc(/C=C2\SC(=S)N(CCCCCC(=O)O)C2=O)cc1Br. The third-order valence-electron chi connectivity index (χ3n) is 3.62. The number of thioether (sulfide) groups is 1. The maximum absolute atomic E-state index is 12.5. The van der Waals surface area contributed by atoms with Gasteiger partial charge in [0.1, 0.15) is 10.1 Å². The molecule has 1 aliphatic rings. The van der Waals surface area contributed by atoms with Crippen molar-refractivity contribution in [3.8, 4) is 5.75 Å². The Morgan fingerprint density at radius 3 is 2.80 bits per heavy atom. The molecule has 0 radical (unpaired) electrons. The normalized spacial score (nSPS) is 15.9. The second-order valence-corrected chi connectivity index (χ2v) is 7.96. The van der Waals surface area contributed by atoms with Gasteiger partial charge in [0, 0.05) is 13.0 Å². The van der Waals surface area contributed by atoms with Crippen molar-refractivity contribution in [3.05, 3.63) is 33.1 Å². The Bertz CT molecular complexity index is 721. The van der Waals surface area contributed by atoms with Crippen LogP contribution in [0.25, 0.3) is 6.08 Å². The molecule has 1 fully saturated rings. The second-order valence-electron chi connectivity index (χ2n) is 5.43. The average Bonchev–Trinajstić information content (AvgIpc) is 2.81. The van der Waals surface area contributed by atoms with Gasteiger partial charge in [-0.3, -0.25) is 14.5 Å². The highest BCUT2D eigenvalue weighted by molar-refractivity contribution is 9.10. The molecule has 0 spiro atoms. The second kappa shape index (κ2) is 9.35. The summed E-state index contributed by atoms with van der Waals surface area (Å²) in [5.41, 5.74) is 0.884. The first kappa shape index (κ1) is 19.9. The number of amides is 1. The number of unbranched alkanes of at least 4 members (excludes halogenated alkanes) is 2. The fourth-order valence-corrected chi connectivity index (χ4v) is 4.21. The minimum atomic E-state index is -0.792. The van der Waals surface area contributed by atoms with Gasteiger partial charge in [-0.2, -0.15) is 0 Å². The smallest absolute Gasteiger partial charge is 0.303 e. The summed E-state index contributed by atoms with van der Waals surface area (Å²) in [6.45, 7) is 0.522. The number of halogens is 1. The lowest BCUT2D eigenvalue weighted by Crippen LogP contribution is -2.29. The Balaban J connectivity index is 1.97. The van der Waals surface area contributed by atoms with Crippen LogP contribution in [0.3, 0.4) is 0 Å². The molecule has 134 valence electrons. The molecule has 1 amide bonds. The van der Waals surface area contributed by atoms with E-state index in [4.69, 9.17) is 22.1 Å². The van der Waals surface area contributed by atoms with Gasteiger partial charge in [0.25, 0.3) is 5.91 Å². The molecule has 1 aliphatic heterocycles. The predicted octanol–water partition coefficient (Wildman–Crippen LogP) is 4.30. The van der Waals surface area contributed by atoms with Crippen LogP contribution in [0, 0.1) is 0 Å². The van der Waals surface area contributed by atoms with E-state index in [1.807, 2.05) is 24.3 Å². The highest BCUT2D eigenvalue weighted by Gasteiger charge is 2.31. The van der Waals surface area contributed by atoms with Crippen LogP contribution in [0.15, 0.2) is 27.6 Å². The first-order chi connectivity index (χ1) is 11.9. The van der Waals surface area contributed by atoms with E-state index in [1.165, 1.54) is 11.8 Å². The van der Waals surface area contributed by atoms with E-state index >= 15 is 0 Å². The molecule has 1 aromatic rings. The third kappa shape index (κ3) is 5.55. The van der Waals surface area contributed by atoms with Gasteiger partial charge in [-0.05, 0) is 52.5 Å². The van der Waals surface area contributed by atoms with Crippen LogP contribution in [0.2, 0.25) is 0 Å². The van der Waals surface area contributed by atoms with Crippen molar-refractivity contribution in [1.82, 2.24) is 4.90 Å². The molecule has 0 unspecified atom stereocenters. The van der Waals surface area contributed by atoms with Crippen molar-refractivity contribution < 1.29 is 19.4 Å². The minimum absolute atomic E-state index is 0.0971. The summed E-state index contributed by atoms with van der Waals surface area (Å²) in [6, 6.07) is 5.60. The Kier molecular flexibility index (Phi) is 7.46. The van der Waals surface area contributed by atoms with E-state index in [-0.39, 0.29) is 12.3 Å². The van der Waals surface area contributed by atoms with Crippen LogP contribution >= 0.6 is 39.9 Å². The van der Waals surface area contributed by atoms with E-state index < -0.39 is 5.97 Å². The van der Waals surface area contributed by atoms with E-state index in [0.717, 1.165) is 28.6 Å². The molecule has 1 aromatic carbocycles. The molecule has 0 aromatic heterocycles. The summed E-state index contributed by atoms with van der Waals surface area (Å²) in [7, 11) is 1.60. The van der Waals surface area contributed by atoms with Crippen molar-refractivity contribution >= 4 is 62.2 Å². The van der Waals surface area contributed by atoms with Crippen LogP contribution in [0.4, 0.5) is 0 Å². The van der Waals surface area contributed by atoms with Crippen LogP contribution < -0.4 is 4.74 Å². The molecule has 0 aliphatic carbocycles. The zero-order valence-corrected chi connectivity index (χ0v) is 16.9. The van der Waals surface area contributed by atoms with Crippen molar-refractivity contribution in [2.24, 2.45) is 0 Å². The van der Waals surface area contributed by atoms with Gasteiger partial charge in [0.2, 0.25) is 0 Å². The van der Waals surface area contributed by atoms with Crippen molar-refractivity contribution in [3.63, 3.8) is 0 Å². The number of carboxylic acids is 1. The number of benzene rings is 1. The quantitative estimate of drug-likeness (QED) is 0.366. The van der Waals surface area contributed by atoms with E-state index in [0.29, 0.717) is 22.2 Å². The lowest BCUT2D eigenvalue weighted by molar-refractivity contribution is -0.137. The number of carboxylic acid groups (broad SMARTS) is 1. The van der Waals surface area contributed by atoms with Gasteiger partial charge in [0.05, 0.1) is 16.5 Å². The zero-order valence-electron chi connectivity index (χ0n) is 13.7. The van der Waals surface area contributed by atoms with Gasteiger partial charge >= 0.3 is 5.97 Å². The summed E-state index contributed by atoms with van der Waals surface area (Å²) in [4.78, 5) is 25.2. The van der Waals surface area contributed by atoms with Crippen LogP contribution in [-0.4, -0.2) is 39.9 Å². The molecular formula is C17H18BrNO4S2. The van der Waals surface area contributed by atoms with Crippen LogP contribution in [-0.2, 0) is 9.59 Å². The lowest BCUT2D eigenvalue weighted by atomic mass is 10.2. The molecule has 0 atom stereocenters. The lowest BCUT2D eigenvalue weighted by Gasteiger charge is -2.13. The zero-order chi connectivity index (χ0) is 18.4. The monoisotopic (exact) mass is 443 g/mol. The van der Waals surface area contributed by atoms with E-state index in [9.17, 15) is 9.59 Å². The minimum Gasteiger partial charge on any atom is -0.496 e. The number of rotatable bonds is 8. The molecule has 1 saturated heterocycles. The number of thiocarbonyl (C=S) groups is 1. The number of nitrogens with zero attached hydrogens (tertiary/aromatic N) is 1. The molecule has 8 heteroatoms. The van der Waals surface area contributed by atoms with Gasteiger partial charge < -0.3 is 9.84 Å². The fraction of sp³-hybridized carbons (Fsp3) is 0.353. The van der Waals surface area contributed by atoms with E-state index in [1.54, 1.807) is 12.0 Å². The highest BCUT2D eigenvalue weighted by Crippen LogP contribution is 2.34. The Labute approximate surface area is 164 Å². The average molecular weight is 444 g/mol. The number of methoxy groups -OCH3 is 1. The third-order valence-corrected chi connectivity index (χ3v) is 5.62. The Morgan fingerprint density at radius 2 is 2.16 bits per heavy atom. The number of hydrogen-bond donors (Lipinski definition) is 1. The maximum atomic E-state index is 12.5. The summed E-state index contributed by atoms with van der Waals surface area (Å²) in [5.74, 6) is -0.162. The van der Waals surface area contributed by atoms with Crippen molar-refractivity contribution in [2.75, 3.05) is 13.7 Å². The molecule has 2 rings (SSSR count). The molecule has 1 N–H and O–H groups in total. The first-order valence-electron chi connectivity index (χ1n) is 7.73. The first-order valence-corrected chi connectivity index (χ1v) is 9.75. The Morgan fingerprint density at radius 1 is 1.40 bits per heavy atom. The van der Waals surface area contributed by atoms with Crippen LogP contribution in [0.1, 0.15) is 31.2 Å². The van der Waals surface area contributed by atoms with Crippen molar-refractivity contribution in [1.29, 1.82) is 0 Å². The summed E-state index contributed by atoms with van der Waals surface area (Å²) < 4.78 is 6.56. The predicted molar refractivity (Wildman–Crippen MR) is 107 cm³/mol. The highest BCUT2D eigenvalue weighted by atomic mass is 79.9. The van der Waals surface area contributed by atoms with Crippen LogP contribution in [0.5, 0.6) is 5.75 Å². The van der Waals surface area contributed by atoms with Gasteiger partial charge in [0.15, 0.2) is 0 Å². The topological polar surface area (TPSA) is 66.8 Å². The Hall–Kier alpha value is -1.38. The number of carbonyl (C=O) groups is 2. The number of hydrogen-bond acceptors (Lipinski definition) is 5. The largest absolute Gasteiger partial charge is 0.496 e. The molecule has 0 bridgehead atoms. The number of aliphatic carboxylic acids is 1. The van der Waals surface area contributed by atoms with Gasteiger partial charge in [-0.1, -0.05) is 36.5 Å². The number of carbonyl (C=O) groups excluding carboxylic acids is 1. The molecule has 0 saturated carbocycles. The van der Waals surface area contributed by atoms with E-state index in [2.05, 4.69) is 15.9 Å². The summed E-state index contributed by atoms with van der Waals surface area (Å²) in [6.07, 6.45) is 4.08. The van der Waals surface area contributed by atoms with Gasteiger partial charge in [-0.15, -0.1) is 0 Å². The summed E-state index contributed by atoms with van der Waals surface area (Å²) >= 11 is 10.0. The molecule has 1 heterocycles. The maximum Gasteiger partial charge on any atom is 0.303 e. The summed E-state index contributed by atoms with van der Waals surface area (Å²) in [5, 5.41) is 8.63. The molecule has 5 nitrogen and oxygen atoms in total. The van der Waals surface area contributed by atoms with Gasteiger partial charge in [-0.25, -0.2) is 0 Å². The molecule has 25 heavy (non-hydrogen) atoms. The van der Waals surface area contributed by atoms with Crippen molar-refractivity contribution in [2.45, 2.75) is 25.7 Å². The fourth-order valence-electron chi connectivity index (χ4n) is 2.34. The number of ether oxygens (including phenoxy) is 1. The standard InChI is InChI=1S/C17H18BrNO4S2/c1-23-13-7-6-11(9-12(13)18)10-14-16(22)19(17(24)25-14)8-4-2-3-5-15(20)21/h6-7,9-10H,2-5,8H2,1H3,(H,20,21)/b14-10-. The molecular weight excluding hydrogens is 426 g/mol.